The Hall–Kier alpha value is -3.68. The number of carbonyl (C=O) groups is 4. The second-order valence-electron chi connectivity index (χ2n) is 6.47. The highest BCUT2D eigenvalue weighted by atomic mass is 16.5. The number of nitrogens with zero attached hydrogens (tertiary/aromatic N) is 1. The van der Waals surface area contributed by atoms with E-state index in [9.17, 15) is 19.2 Å². The number of hydrogen-bond donors (Lipinski definition) is 1. The minimum Gasteiger partial charge on any atom is -0.497 e. The van der Waals surface area contributed by atoms with Crippen molar-refractivity contribution in [3.05, 3.63) is 65.7 Å². The Bertz CT molecular complexity index is 911. The molecule has 1 saturated heterocycles. The van der Waals surface area contributed by atoms with Crippen molar-refractivity contribution < 1.29 is 28.7 Å². The molecule has 0 unspecified atom stereocenters. The predicted octanol–water partition coefficient (Wildman–Crippen LogP) is 1.61. The van der Waals surface area contributed by atoms with Crippen LogP contribution >= 0.6 is 0 Å². The monoisotopic (exact) mass is 396 g/mol. The average molecular weight is 396 g/mol. The summed E-state index contributed by atoms with van der Waals surface area (Å²) < 4.78 is 10.1. The first-order chi connectivity index (χ1) is 14.0. The van der Waals surface area contributed by atoms with E-state index >= 15 is 0 Å². The second-order valence-corrected chi connectivity index (χ2v) is 6.47. The van der Waals surface area contributed by atoms with Crippen LogP contribution in [-0.4, -0.2) is 48.8 Å². The zero-order valence-electron chi connectivity index (χ0n) is 15.8. The first kappa shape index (κ1) is 20.1. The minimum absolute atomic E-state index is 0.00698. The zero-order chi connectivity index (χ0) is 20.8. The standard InChI is InChI=1S/C21H20N2O6/c1-28-17-9-7-14(8-10-17)18(24)13-29-21(27)16-11-19(25)23(12-16)22-20(26)15-5-3-2-4-6-15/h2-10,16H,11-13H2,1H3,(H,22,26)/t16-/m1/s1. The van der Waals surface area contributed by atoms with Crippen molar-refractivity contribution >= 4 is 23.6 Å². The number of Topliss-reactive ketones (excluding diaryl/α,β-unsaturated/α-hetero) is 1. The first-order valence-corrected chi connectivity index (χ1v) is 8.98. The van der Waals surface area contributed by atoms with E-state index in [2.05, 4.69) is 5.43 Å². The van der Waals surface area contributed by atoms with Gasteiger partial charge >= 0.3 is 5.97 Å². The highest BCUT2D eigenvalue weighted by molar-refractivity contribution is 5.99. The van der Waals surface area contributed by atoms with E-state index in [0.717, 1.165) is 5.01 Å². The van der Waals surface area contributed by atoms with Gasteiger partial charge in [0.2, 0.25) is 5.91 Å². The molecule has 0 saturated carbocycles. The van der Waals surface area contributed by atoms with Crippen LogP contribution in [0.4, 0.5) is 0 Å². The van der Waals surface area contributed by atoms with Gasteiger partial charge in [-0.2, -0.15) is 0 Å². The average Bonchev–Trinajstić information content (AvgIpc) is 3.12. The molecule has 1 fully saturated rings. The minimum atomic E-state index is -0.748. The summed E-state index contributed by atoms with van der Waals surface area (Å²) in [6.45, 7) is -0.431. The van der Waals surface area contributed by atoms with Crippen molar-refractivity contribution in [3.8, 4) is 5.75 Å². The van der Waals surface area contributed by atoms with Gasteiger partial charge in [0.25, 0.3) is 5.91 Å². The number of nitrogens with one attached hydrogen (secondary N) is 1. The Morgan fingerprint density at radius 2 is 1.72 bits per heavy atom. The van der Waals surface area contributed by atoms with Gasteiger partial charge in [0.05, 0.1) is 19.6 Å². The zero-order valence-corrected chi connectivity index (χ0v) is 15.8. The molecule has 0 aromatic heterocycles. The van der Waals surface area contributed by atoms with Crippen LogP contribution in [0.2, 0.25) is 0 Å². The van der Waals surface area contributed by atoms with E-state index in [1.54, 1.807) is 54.6 Å². The summed E-state index contributed by atoms with van der Waals surface area (Å²) >= 11 is 0. The van der Waals surface area contributed by atoms with E-state index in [4.69, 9.17) is 9.47 Å². The quantitative estimate of drug-likeness (QED) is 0.564. The molecule has 1 N–H and O–H groups in total. The molecule has 150 valence electrons. The van der Waals surface area contributed by atoms with Crippen molar-refractivity contribution in [2.75, 3.05) is 20.3 Å². The van der Waals surface area contributed by atoms with E-state index in [0.29, 0.717) is 16.9 Å². The molecule has 3 rings (SSSR count). The smallest absolute Gasteiger partial charge is 0.311 e. The van der Waals surface area contributed by atoms with Crippen molar-refractivity contribution in [3.63, 3.8) is 0 Å². The van der Waals surface area contributed by atoms with Gasteiger partial charge in [-0.1, -0.05) is 18.2 Å². The summed E-state index contributed by atoms with van der Waals surface area (Å²) in [5, 5.41) is 1.10. The summed E-state index contributed by atoms with van der Waals surface area (Å²) in [6, 6.07) is 14.9. The van der Waals surface area contributed by atoms with Crippen LogP contribution in [0.5, 0.6) is 5.75 Å². The fraction of sp³-hybridized carbons (Fsp3) is 0.238. The van der Waals surface area contributed by atoms with Crippen LogP contribution in [0.15, 0.2) is 54.6 Å². The lowest BCUT2D eigenvalue weighted by Crippen LogP contribution is -2.43. The van der Waals surface area contributed by atoms with Gasteiger partial charge in [-0.15, -0.1) is 0 Å². The number of rotatable bonds is 7. The second kappa shape index (κ2) is 9.01. The molecule has 1 atom stereocenters. The normalized spacial score (nSPS) is 15.7. The Morgan fingerprint density at radius 3 is 2.38 bits per heavy atom. The van der Waals surface area contributed by atoms with Crippen LogP contribution in [0.25, 0.3) is 0 Å². The number of ketones is 1. The summed E-state index contributed by atoms with van der Waals surface area (Å²) in [5.41, 5.74) is 3.28. The Labute approximate surface area is 167 Å². The molecule has 8 heteroatoms. The van der Waals surface area contributed by atoms with Crippen molar-refractivity contribution in [1.82, 2.24) is 10.4 Å². The lowest BCUT2D eigenvalue weighted by molar-refractivity contribution is -0.147. The van der Waals surface area contributed by atoms with Gasteiger partial charge in [0, 0.05) is 17.5 Å². The summed E-state index contributed by atoms with van der Waals surface area (Å²) in [4.78, 5) is 48.7. The molecule has 2 aromatic rings. The molecule has 0 aliphatic carbocycles. The van der Waals surface area contributed by atoms with Crippen LogP contribution < -0.4 is 10.2 Å². The van der Waals surface area contributed by atoms with Crippen molar-refractivity contribution in [1.29, 1.82) is 0 Å². The first-order valence-electron chi connectivity index (χ1n) is 8.98. The molecule has 2 aromatic carbocycles. The summed E-state index contributed by atoms with van der Waals surface area (Å²) in [7, 11) is 1.52. The number of hydrogen-bond acceptors (Lipinski definition) is 6. The van der Waals surface area contributed by atoms with Gasteiger partial charge in [-0.3, -0.25) is 29.6 Å². The van der Waals surface area contributed by atoms with Crippen molar-refractivity contribution in [2.24, 2.45) is 5.92 Å². The largest absolute Gasteiger partial charge is 0.497 e. The number of carbonyl (C=O) groups excluding carboxylic acids is 4. The third-order valence-corrected chi connectivity index (χ3v) is 4.49. The van der Waals surface area contributed by atoms with Gasteiger partial charge < -0.3 is 9.47 Å². The number of esters is 1. The number of amides is 2. The SMILES string of the molecule is COc1ccc(C(=O)COC(=O)[C@@H]2CC(=O)N(NC(=O)c3ccccc3)C2)cc1. The molecule has 2 amide bonds. The molecule has 29 heavy (non-hydrogen) atoms. The highest BCUT2D eigenvalue weighted by Crippen LogP contribution is 2.18. The fourth-order valence-electron chi connectivity index (χ4n) is 2.87. The fourth-order valence-corrected chi connectivity index (χ4v) is 2.87. The summed E-state index contributed by atoms with van der Waals surface area (Å²) in [6.07, 6.45) is -0.0926. The molecule has 0 bridgehead atoms. The third kappa shape index (κ3) is 4.98. The number of hydrazine groups is 1. The van der Waals surface area contributed by atoms with E-state index < -0.39 is 30.3 Å². The molecular weight excluding hydrogens is 376 g/mol. The van der Waals surface area contributed by atoms with Crippen LogP contribution in [0, 0.1) is 5.92 Å². The maximum Gasteiger partial charge on any atom is 0.311 e. The lowest BCUT2D eigenvalue weighted by atomic mass is 10.1. The van der Waals surface area contributed by atoms with Gasteiger partial charge in [-0.25, -0.2) is 0 Å². The molecule has 0 radical (unpaired) electrons. The number of benzene rings is 2. The highest BCUT2D eigenvalue weighted by Gasteiger charge is 2.36. The van der Waals surface area contributed by atoms with Gasteiger partial charge in [-0.05, 0) is 36.4 Å². The van der Waals surface area contributed by atoms with Gasteiger partial charge in [0.15, 0.2) is 12.4 Å². The summed E-state index contributed by atoms with van der Waals surface area (Å²) in [5.74, 6) is -1.99. The van der Waals surface area contributed by atoms with Crippen LogP contribution in [0.3, 0.4) is 0 Å². The lowest BCUT2D eigenvalue weighted by Gasteiger charge is -2.17. The maximum atomic E-state index is 12.2. The Morgan fingerprint density at radius 1 is 1.03 bits per heavy atom. The molecule has 1 aliphatic rings. The predicted molar refractivity (Wildman–Crippen MR) is 102 cm³/mol. The molecule has 0 spiro atoms. The molecule has 1 aliphatic heterocycles. The number of ether oxygens (including phenoxy) is 2. The molecule has 8 nitrogen and oxygen atoms in total. The van der Waals surface area contributed by atoms with Gasteiger partial charge in [0.1, 0.15) is 5.75 Å². The third-order valence-electron chi connectivity index (χ3n) is 4.49. The van der Waals surface area contributed by atoms with Crippen LogP contribution in [0.1, 0.15) is 27.1 Å². The molecule has 1 heterocycles. The topological polar surface area (TPSA) is 102 Å². The Balaban J connectivity index is 1.50. The van der Waals surface area contributed by atoms with Crippen molar-refractivity contribution in [2.45, 2.75) is 6.42 Å². The van der Waals surface area contributed by atoms with E-state index in [-0.39, 0.29) is 18.7 Å². The number of methoxy groups -OCH3 is 1. The molecular formula is C21H20N2O6. The maximum absolute atomic E-state index is 12.2. The van der Waals surface area contributed by atoms with Crippen LogP contribution in [-0.2, 0) is 14.3 Å². The van der Waals surface area contributed by atoms with E-state index in [1.807, 2.05) is 0 Å². The Kier molecular flexibility index (Phi) is 6.23. The van der Waals surface area contributed by atoms with E-state index in [1.165, 1.54) is 7.11 Å².